The second-order valence-corrected chi connectivity index (χ2v) is 15.2. The van der Waals surface area contributed by atoms with Crippen LogP contribution >= 0.6 is 11.6 Å². The van der Waals surface area contributed by atoms with Crippen LogP contribution in [-0.4, -0.2) is 107 Å². The summed E-state index contributed by atoms with van der Waals surface area (Å²) in [5, 5.41) is 15.4. The van der Waals surface area contributed by atoms with E-state index in [-0.39, 0.29) is 35.6 Å². The number of imide groups is 2. The first-order valence-electron chi connectivity index (χ1n) is 20.2. The Balaban J connectivity index is 0.842. The first kappa shape index (κ1) is 41.2. The molecule has 59 heavy (non-hydrogen) atoms. The van der Waals surface area contributed by atoms with E-state index in [9.17, 15) is 29.1 Å². The Morgan fingerprint density at radius 1 is 0.797 bits per heavy atom. The number of carbonyl (C=O) groups is 5. The topological polar surface area (TPSA) is 149 Å². The van der Waals surface area contributed by atoms with Crippen molar-refractivity contribution in [3.63, 3.8) is 0 Å². The maximum atomic E-state index is 13.3. The van der Waals surface area contributed by atoms with Gasteiger partial charge in [0.1, 0.15) is 24.1 Å². The van der Waals surface area contributed by atoms with Gasteiger partial charge in [0.15, 0.2) is 0 Å². The molecule has 12 nitrogen and oxygen atoms in total. The number of anilines is 1. The molecule has 3 heterocycles. The Labute approximate surface area is 348 Å². The first-order valence-corrected chi connectivity index (χ1v) is 20.7. The summed E-state index contributed by atoms with van der Waals surface area (Å²) < 4.78 is 6.15. The molecule has 4 aromatic rings. The minimum Gasteiger partial charge on any atom is -0.508 e. The molecule has 0 aromatic heterocycles. The second kappa shape index (κ2) is 19.2. The zero-order valence-corrected chi connectivity index (χ0v) is 33.6. The van der Waals surface area contributed by atoms with Crippen LogP contribution in [-0.2, 0) is 14.4 Å². The molecule has 306 valence electrons. The van der Waals surface area contributed by atoms with Gasteiger partial charge in [-0.15, -0.1) is 11.6 Å². The lowest BCUT2D eigenvalue weighted by molar-refractivity contribution is -0.136. The average molecular weight is 818 g/mol. The van der Waals surface area contributed by atoms with E-state index in [1.807, 2.05) is 47.4 Å². The monoisotopic (exact) mass is 817 g/mol. The lowest BCUT2D eigenvalue weighted by Gasteiger charge is -2.34. The van der Waals surface area contributed by atoms with E-state index in [0.29, 0.717) is 63.5 Å². The van der Waals surface area contributed by atoms with Crippen LogP contribution in [0, 0.1) is 0 Å². The number of rotatable bonds is 16. The summed E-state index contributed by atoms with van der Waals surface area (Å²) in [6.07, 6.45) is 2.60. The Hall–Kier alpha value is -5.98. The molecular formula is C46H48ClN5O7. The maximum Gasteiger partial charge on any atom is 0.264 e. The molecule has 2 fully saturated rings. The van der Waals surface area contributed by atoms with Crippen molar-refractivity contribution >= 4 is 58.0 Å². The zero-order valence-electron chi connectivity index (χ0n) is 32.8. The smallest absolute Gasteiger partial charge is 0.264 e. The number of benzene rings is 4. The number of piperidine rings is 1. The Morgan fingerprint density at radius 2 is 1.51 bits per heavy atom. The van der Waals surface area contributed by atoms with Gasteiger partial charge in [0, 0.05) is 63.7 Å². The summed E-state index contributed by atoms with van der Waals surface area (Å²) in [7, 11) is 0. The number of halogens is 1. The third kappa shape index (κ3) is 9.67. The highest BCUT2D eigenvalue weighted by molar-refractivity contribution is 6.25. The summed E-state index contributed by atoms with van der Waals surface area (Å²) in [5.41, 5.74) is 6.25. The number of phenols is 1. The Kier molecular flexibility index (Phi) is 13.4. The van der Waals surface area contributed by atoms with Gasteiger partial charge in [-0.1, -0.05) is 60.7 Å². The lowest BCUT2D eigenvalue weighted by atomic mass is 9.88. The zero-order chi connectivity index (χ0) is 41.3. The number of hydrogen-bond donors (Lipinski definition) is 3. The van der Waals surface area contributed by atoms with Gasteiger partial charge in [-0.3, -0.25) is 39.1 Å². The van der Waals surface area contributed by atoms with Crippen LogP contribution in [0.3, 0.4) is 0 Å². The Morgan fingerprint density at radius 3 is 2.20 bits per heavy atom. The van der Waals surface area contributed by atoms with Gasteiger partial charge in [0.2, 0.25) is 17.7 Å². The number of carbonyl (C=O) groups excluding carboxylic acids is 5. The van der Waals surface area contributed by atoms with Crippen LogP contribution in [0.25, 0.3) is 11.1 Å². The van der Waals surface area contributed by atoms with Crippen LogP contribution in [0.4, 0.5) is 5.69 Å². The number of piperazine rings is 1. The molecule has 3 N–H and O–H groups in total. The molecule has 1 unspecified atom stereocenters. The van der Waals surface area contributed by atoms with Gasteiger partial charge in [-0.05, 0) is 89.9 Å². The second-order valence-electron chi connectivity index (χ2n) is 14.9. The number of unbranched alkanes of at least 4 members (excludes halogenated alkanes) is 1. The van der Waals surface area contributed by atoms with Gasteiger partial charge in [-0.2, -0.15) is 0 Å². The van der Waals surface area contributed by atoms with Crippen molar-refractivity contribution < 1.29 is 33.8 Å². The summed E-state index contributed by atoms with van der Waals surface area (Å²) in [5.74, 6) is -0.588. The van der Waals surface area contributed by atoms with Crippen molar-refractivity contribution in [2.75, 3.05) is 57.1 Å². The summed E-state index contributed by atoms with van der Waals surface area (Å²) in [6.45, 7) is 4.59. The number of allylic oxidation sites excluding steroid dienone is 1. The van der Waals surface area contributed by atoms with Crippen LogP contribution < -0.4 is 15.4 Å². The van der Waals surface area contributed by atoms with Crippen molar-refractivity contribution in [1.82, 2.24) is 20.0 Å². The van der Waals surface area contributed by atoms with Crippen molar-refractivity contribution in [2.24, 2.45) is 0 Å². The normalized spacial score (nSPS) is 17.4. The fraction of sp³-hybridized carbons (Fsp3) is 0.326. The summed E-state index contributed by atoms with van der Waals surface area (Å²) in [4.78, 5) is 68.7. The molecular weight excluding hydrogens is 770 g/mol. The molecule has 13 heteroatoms. The summed E-state index contributed by atoms with van der Waals surface area (Å²) >= 11 is 6.30. The van der Waals surface area contributed by atoms with Crippen LogP contribution in [0.2, 0.25) is 0 Å². The maximum absolute atomic E-state index is 13.3. The largest absolute Gasteiger partial charge is 0.508 e. The molecule has 0 spiro atoms. The van der Waals surface area contributed by atoms with Crippen LogP contribution in [0.1, 0.15) is 75.9 Å². The van der Waals surface area contributed by atoms with Crippen molar-refractivity contribution in [2.45, 2.75) is 44.6 Å². The van der Waals surface area contributed by atoms with Gasteiger partial charge >= 0.3 is 0 Å². The van der Waals surface area contributed by atoms with Gasteiger partial charge < -0.3 is 20.1 Å². The number of fused-ring (bicyclic) bond motifs is 1. The highest BCUT2D eigenvalue weighted by Gasteiger charge is 2.45. The molecule has 0 bridgehead atoms. The number of nitrogens with one attached hydrogen (secondary N) is 2. The lowest BCUT2D eigenvalue weighted by Crippen LogP contribution is -2.54. The van der Waals surface area contributed by atoms with E-state index in [1.54, 1.807) is 30.3 Å². The highest BCUT2D eigenvalue weighted by Crippen LogP contribution is 2.36. The predicted octanol–water partition coefficient (Wildman–Crippen LogP) is 6.19. The standard InChI is InChI=1S/C46H48ClN5O7/c47-23-22-36(31-7-2-1-3-8-31)42(32-12-16-34(53)17-13-32)33-14-18-35(19-15-33)59-30-29-50-25-27-51(28-26-50)41(55)11-4-5-24-48-38-10-6-9-37-43(38)46(58)52(45(37)57)39-20-21-40(54)49-44(39)56/h1-3,6-10,12-19,39,48,53H,4-5,11,20-30H2,(H,49,54,56). The van der Waals surface area contributed by atoms with Gasteiger partial charge in [-0.25, -0.2) is 0 Å². The number of phenolic OH excluding ortho intramolecular Hbond substituents is 1. The van der Waals surface area contributed by atoms with E-state index in [1.165, 1.54) is 0 Å². The third-order valence-electron chi connectivity index (χ3n) is 11.1. The molecule has 3 aliphatic rings. The number of nitrogens with zero attached hydrogens (tertiary/aromatic N) is 3. The van der Waals surface area contributed by atoms with E-state index in [4.69, 9.17) is 16.3 Å². The van der Waals surface area contributed by atoms with Crippen molar-refractivity contribution in [3.8, 4) is 11.5 Å². The number of ether oxygens (including phenoxy) is 1. The fourth-order valence-electron chi connectivity index (χ4n) is 7.97. The quantitative estimate of drug-likeness (QED) is 0.0522. The number of alkyl halides is 1. The molecule has 0 saturated carbocycles. The number of aromatic hydroxyl groups is 1. The van der Waals surface area contributed by atoms with Gasteiger partial charge in [0.25, 0.3) is 11.8 Å². The number of amides is 5. The van der Waals surface area contributed by atoms with E-state index in [2.05, 4.69) is 39.8 Å². The summed E-state index contributed by atoms with van der Waals surface area (Å²) in [6, 6.07) is 29.5. The molecule has 1 atom stereocenters. The minimum absolute atomic E-state index is 0.0620. The predicted molar refractivity (Wildman–Crippen MR) is 226 cm³/mol. The molecule has 3 aliphatic heterocycles. The molecule has 5 amide bonds. The molecule has 0 aliphatic carbocycles. The van der Waals surface area contributed by atoms with Crippen molar-refractivity contribution in [3.05, 3.63) is 125 Å². The van der Waals surface area contributed by atoms with Crippen molar-refractivity contribution in [1.29, 1.82) is 0 Å². The van der Waals surface area contributed by atoms with Crippen LogP contribution in [0.5, 0.6) is 11.5 Å². The number of hydrogen-bond acceptors (Lipinski definition) is 9. The first-order chi connectivity index (χ1) is 28.7. The molecule has 7 rings (SSSR count). The third-order valence-corrected chi connectivity index (χ3v) is 11.3. The Bertz CT molecular complexity index is 2200. The molecule has 2 saturated heterocycles. The average Bonchev–Trinajstić information content (AvgIpc) is 3.51. The highest BCUT2D eigenvalue weighted by atomic mass is 35.5. The molecule has 4 aromatic carbocycles. The van der Waals surface area contributed by atoms with E-state index >= 15 is 0 Å². The fourth-order valence-corrected chi connectivity index (χ4v) is 8.16. The van der Waals surface area contributed by atoms with E-state index < -0.39 is 29.7 Å². The van der Waals surface area contributed by atoms with Crippen LogP contribution in [0.15, 0.2) is 97.1 Å². The van der Waals surface area contributed by atoms with Gasteiger partial charge in [0.05, 0.1) is 11.1 Å². The van der Waals surface area contributed by atoms with E-state index in [0.717, 1.165) is 58.1 Å². The SMILES string of the molecule is O=C1CCC(N2C(=O)c3cccc(NCCCCC(=O)N4CCN(CCOc5ccc(C(=C(CCCl)c6ccccc6)c6ccc(O)cc6)cc5)CC4)c3C2=O)C(=O)N1. The minimum atomic E-state index is -1.02. The molecule has 0 radical (unpaired) electrons.